The van der Waals surface area contributed by atoms with Crippen LogP contribution in [0.25, 0.3) is 6.08 Å². The van der Waals surface area contributed by atoms with Crippen LogP contribution < -0.4 is 11.1 Å². The molecule has 3 N–H and O–H groups in total. The lowest BCUT2D eigenvalue weighted by Gasteiger charge is -2.03. The Bertz CT molecular complexity index is 638. The van der Waals surface area contributed by atoms with Crippen LogP contribution >= 0.6 is 11.8 Å². The first kappa shape index (κ1) is 16.0. The second-order valence-electron chi connectivity index (χ2n) is 4.66. The fourth-order valence-corrected chi connectivity index (χ4v) is 2.41. The van der Waals surface area contributed by atoms with Gasteiger partial charge in [0.1, 0.15) is 0 Å². The standard InChI is InChI=1S/C16H18N4OS/c1-12-2-5-14(6-3-12)22-9-8-18-15(21)7-4-13-10-19-16(17)20-11-13/h2-7,10-11H,8-9H2,1H3,(H,18,21)(H2,17,19,20). The molecule has 0 aliphatic rings. The number of carbonyl (C=O) groups excluding carboxylic acids is 1. The summed E-state index contributed by atoms with van der Waals surface area (Å²) in [5.74, 6) is 0.907. The monoisotopic (exact) mass is 314 g/mol. The number of hydrogen-bond acceptors (Lipinski definition) is 5. The number of hydrogen-bond donors (Lipinski definition) is 2. The van der Waals surface area contributed by atoms with Crippen molar-refractivity contribution in [3.8, 4) is 0 Å². The molecule has 0 atom stereocenters. The van der Waals surface area contributed by atoms with Crippen LogP contribution in [-0.2, 0) is 4.79 Å². The van der Waals surface area contributed by atoms with Gasteiger partial charge in [0.15, 0.2) is 0 Å². The molecule has 1 amide bonds. The first-order chi connectivity index (χ1) is 10.6. The summed E-state index contributed by atoms with van der Waals surface area (Å²) in [4.78, 5) is 20.6. The molecule has 5 nitrogen and oxygen atoms in total. The zero-order chi connectivity index (χ0) is 15.8. The smallest absolute Gasteiger partial charge is 0.244 e. The molecule has 1 aromatic heterocycles. The number of amides is 1. The van der Waals surface area contributed by atoms with E-state index in [0.717, 1.165) is 11.3 Å². The Balaban J connectivity index is 1.69. The lowest BCUT2D eigenvalue weighted by molar-refractivity contribution is -0.116. The summed E-state index contributed by atoms with van der Waals surface area (Å²) in [5, 5.41) is 2.83. The SMILES string of the molecule is Cc1ccc(SCCNC(=O)C=Cc2cnc(N)nc2)cc1. The van der Waals surface area contributed by atoms with Crippen molar-refractivity contribution >= 4 is 29.7 Å². The van der Waals surface area contributed by atoms with E-state index < -0.39 is 0 Å². The number of nitrogens with two attached hydrogens (primary N) is 1. The Kier molecular flexibility index (Phi) is 5.97. The summed E-state index contributed by atoms with van der Waals surface area (Å²) >= 11 is 1.71. The molecule has 0 aliphatic heterocycles. The number of anilines is 1. The van der Waals surface area contributed by atoms with Gasteiger partial charge in [-0.15, -0.1) is 11.8 Å². The second kappa shape index (κ2) is 8.19. The summed E-state index contributed by atoms with van der Waals surface area (Å²) in [6, 6.07) is 8.34. The third-order valence-corrected chi connectivity index (χ3v) is 3.82. The van der Waals surface area contributed by atoms with Crippen molar-refractivity contribution in [3.63, 3.8) is 0 Å². The molecule has 2 rings (SSSR count). The third kappa shape index (κ3) is 5.57. The Morgan fingerprint density at radius 2 is 1.95 bits per heavy atom. The summed E-state index contributed by atoms with van der Waals surface area (Å²) in [6.07, 6.45) is 6.26. The number of aryl methyl sites for hydroxylation is 1. The van der Waals surface area contributed by atoms with E-state index in [-0.39, 0.29) is 11.9 Å². The van der Waals surface area contributed by atoms with Gasteiger partial charge in [-0.2, -0.15) is 0 Å². The van der Waals surface area contributed by atoms with Crippen molar-refractivity contribution in [1.82, 2.24) is 15.3 Å². The molecule has 1 aromatic carbocycles. The van der Waals surface area contributed by atoms with E-state index in [2.05, 4.69) is 46.5 Å². The van der Waals surface area contributed by atoms with Crippen molar-refractivity contribution in [2.45, 2.75) is 11.8 Å². The summed E-state index contributed by atoms with van der Waals surface area (Å²) < 4.78 is 0. The highest BCUT2D eigenvalue weighted by Gasteiger charge is 1.97. The van der Waals surface area contributed by atoms with Crippen LogP contribution in [0.5, 0.6) is 0 Å². The Labute approximate surface area is 134 Å². The molecule has 114 valence electrons. The van der Waals surface area contributed by atoms with Gasteiger partial charge in [0, 0.05) is 41.2 Å². The van der Waals surface area contributed by atoms with E-state index in [9.17, 15) is 4.79 Å². The highest BCUT2D eigenvalue weighted by atomic mass is 32.2. The molecule has 22 heavy (non-hydrogen) atoms. The molecular formula is C16H18N4OS. The molecule has 0 spiro atoms. The molecular weight excluding hydrogens is 296 g/mol. The van der Waals surface area contributed by atoms with Gasteiger partial charge in [0.2, 0.25) is 11.9 Å². The van der Waals surface area contributed by atoms with Crippen LogP contribution in [0.3, 0.4) is 0 Å². The first-order valence-corrected chi connectivity index (χ1v) is 7.85. The van der Waals surface area contributed by atoms with Gasteiger partial charge < -0.3 is 11.1 Å². The van der Waals surface area contributed by atoms with Crippen LogP contribution in [0.1, 0.15) is 11.1 Å². The zero-order valence-corrected chi connectivity index (χ0v) is 13.1. The number of benzene rings is 1. The summed E-state index contributed by atoms with van der Waals surface area (Å²) in [7, 11) is 0. The predicted molar refractivity (Wildman–Crippen MR) is 90.4 cm³/mol. The van der Waals surface area contributed by atoms with Crippen LogP contribution in [-0.4, -0.2) is 28.2 Å². The van der Waals surface area contributed by atoms with Gasteiger partial charge in [-0.05, 0) is 25.1 Å². The quantitative estimate of drug-likeness (QED) is 0.486. The van der Waals surface area contributed by atoms with Crippen LogP contribution in [0.15, 0.2) is 47.6 Å². The van der Waals surface area contributed by atoms with Gasteiger partial charge in [-0.25, -0.2) is 9.97 Å². The van der Waals surface area contributed by atoms with Crippen LogP contribution in [0, 0.1) is 6.92 Å². The molecule has 2 aromatic rings. The maximum absolute atomic E-state index is 11.7. The van der Waals surface area contributed by atoms with Crippen molar-refractivity contribution < 1.29 is 4.79 Å². The van der Waals surface area contributed by atoms with Crippen molar-refractivity contribution in [2.75, 3.05) is 18.0 Å². The average Bonchev–Trinajstić information content (AvgIpc) is 2.53. The van der Waals surface area contributed by atoms with Crippen LogP contribution in [0.2, 0.25) is 0 Å². The lowest BCUT2D eigenvalue weighted by Crippen LogP contribution is -2.23. The number of nitrogens with zero attached hydrogens (tertiary/aromatic N) is 2. The van der Waals surface area contributed by atoms with Gasteiger partial charge in [-0.1, -0.05) is 17.7 Å². The van der Waals surface area contributed by atoms with Gasteiger partial charge >= 0.3 is 0 Å². The van der Waals surface area contributed by atoms with Crippen LogP contribution in [0.4, 0.5) is 5.95 Å². The Morgan fingerprint density at radius 3 is 2.64 bits per heavy atom. The molecule has 0 aliphatic carbocycles. The molecule has 0 saturated carbocycles. The van der Waals surface area contributed by atoms with E-state index in [0.29, 0.717) is 6.54 Å². The maximum Gasteiger partial charge on any atom is 0.244 e. The molecule has 1 heterocycles. The Hall–Kier alpha value is -2.34. The highest BCUT2D eigenvalue weighted by molar-refractivity contribution is 7.99. The zero-order valence-electron chi connectivity index (χ0n) is 12.3. The van der Waals surface area contributed by atoms with Crippen molar-refractivity contribution in [2.24, 2.45) is 0 Å². The minimum atomic E-state index is -0.138. The molecule has 0 unspecified atom stereocenters. The molecule has 6 heteroatoms. The molecule has 0 saturated heterocycles. The minimum Gasteiger partial charge on any atom is -0.368 e. The number of nitrogen functional groups attached to an aromatic ring is 1. The fraction of sp³-hybridized carbons (Fsp3) is 0.188. The first-order valence-electron chi connectivity index (χ1n) is 6.86. The number of nitrogens with one attached hydrogen (secondary N) is 1. The fourth-order valence-electron chi connectivity index (χ4n) is 1.64. The lowest BCUT2D eigenvalue weighted by atomic mass is 10.2. The van der Waals surface area contributed by atoms with E-state index in [1.165, 1.54) is 16.5 Å². The summed E-state index contributed by atoms with van der Waals surface area (Å²) in [5.41, 5.74) is 7.37. The number of rotatable bonds is 6. The van der Waals surface area contributed by atoms with E-state index >= 15 is 0 Å². The van der Waals surface area contributed by atoms with Crippen molar-refractivity contribution in [1.29, 1.82) is 0 Å². The third-order valence-electron chi connectivity index (χ3n) is 2.81. The normalized spacial score (nSPS) is 10.8. The largest absolute Gasteiger partial charge is 0.368 e. The van der Waals surface area contributed by atoms with E-state index in [1.807, 2.05) is 0 Å². The number of thioether (sulfide) groups is 1. The topological polar surface area (TPSA) is 80.9 Å². The minimum absolute atomic E-state index is 0.138. The van der Waals surface area contributed by atoms with Crippen molar-refractivity contribution in [3.05, 3.63) is 53.9 Å². The average molecular weight is 314 g/mol. The van der Waals surface area contributed by atoms with Gasteiger partial charge in [0.05, 0.1) is 0 Å². The molecule has 0 radical (unpaired) electrons. The van der Waals surface area contributed by atoms with Gasteiger partial charge in [0.25, 0.3) is 0 Å². The highest BCUT2D eigenvalue weighted by Crippen LogP contribution is 2.17. The van der Waals surface area contributed by atoms with E-state index in [1.54, 1.807) is 30.2 Å². The Morgan fingerprint density at radius 1 is 1.27 bits per heavy atom. The van der Waals surface area contributed by atoms with E-state index in [4.69, 9.17) is 5.73 Å². The second-order valence-corrected chi connectivity index (χ2v) is 5.83. The predicted octanol–water partition coefficient (Wildman–Crippen LogP) is 2.29. The van der Waals surface area contributed by atoms with Gasteiger partial charge in [-0.3, -0.25) is 4.79 Å². The summed E-state index contributed by atoms with van der Waals surface area (Å²) in [6.45, 7) is 2.67. The molecule has 0 fully saturated rings. The number of carbonyl (C=O) groups is 1. The maximum atomic E-state index is 11.7. The number of aromatic nitrogens is 2. The molecule has 0 bridgehead atoms.